The van der Waals surface area contributed by atoms with Crippen LogP contribution in [0.5, 0.6) is 0 Å². The lowest BCUT2D eigenvalue weighted by Crippen LogP contribution is -2.45. The molecule has 13 heteroatoms. The zero-order valence-corrected chi connectivity index (χ0v) is 34.4. The number of ketones is 1. The number of hydrogen-bond donors (Lipinski definition) is 4. The van der Waals surface area contributed by atoms with Gasteiger partial charge >= 0.3 is 0 Å². The Bertz CT molecular complexity index is 2740. The van der Waals surface area contributed by atoms with Gasteiger partial charge in [-0.2, -0.15) is 0 Å². The SMILES string of the molecule is CC#CC#CC#CC#CC#CC#CC#CC#CC#CC#CC#CC.CN(C)[C@H](CCc1ccccc1)C(=O)NCC(=O)CCc1ccc2c(N)nccc2c1.NN=NN[N+](=O)[O-].[HH].[HH].[HH].[HH].[HH].[HH].[HH].[HH].[HH].[HH].[HH]. The molecule has 0 aliphatic heterocycles. The molecule has 1 atom stereocenters. The van der Waals surface area contributed by atoms with Crippen molar-refractivity contribution in [3.05, 3.63) is 82.0 Å². The van der Waals surface area contributed by atoms with Crippen LogP contribution in [0.15, 0.2) is 71.2 Å². The molecule has 1 aromatic heterocycles. The first-order chi connectivity index (χ1) is 30.1. The van der Waals surface area contributed by atoms with Crippen LogP contribution in [0, 0.1) is 140 Å². The number of likely N-dealkylation sites (N-methyl/N-ethyl adjacent to an activating group) is 1. The molecular weight excluding hydrogens is 779 g/mol. The normalized spacial score (nSPS) is 8.60. The van der Waals surface area contributed by atoms with Crippen LogP contribution in [-0.4, -0.2) is 53.3 Å². The number of nitrogens with two attached hydrogens (primary N) is 2. The summed E-state index contributed by atoms with van der Waals surface area (Å²) in [5.74, 6) is 60.4. The number of aryl methyl sites for hydroxylation is 2. The topological polar surface area (TPSA) is 194 Å². The highest BCUT2D eigenvalue weighted by molar-refractivity contribution is 5.91. The molecule has 0 aliphatic carbocycles. The maximum absolute atomic E-state index is 12.6. The van der Waals surface area contributed by atoms with Crippen LogP contribution in [0.1, 0.15) is 53.5 Å². The Balaban J connectivity index is -0.0000000927. The summed E-state index contributed by atoms with van der Waals surface area (Å²) in [6.07, 6.45) is 4.20. The van der Waals surface area contributed by atoms with Gasteiger partial charge in [0.15, 0.2) is 11.0 Å². The van der Waals surface area contributed by atoms with Gasteiger partial charge in [-0.1, -0.05) is 60.4 Å². The van der Waals surface area contributed by atoms with Gasteiger partial charge in [0.1, 0.15) is 5.82 Å². The number of nitrogens with one attached hydrogen (secondary N) is 2. The van der Waals surface area contributed by atoms with E-state index < -0.39 is 5.03 Å². The number of nitrogen functional groups attached to an aromatic ring is 1. The van der Waals surface area contributed by atoms with Crippen molar-refractivity contribution in [2.45, 2.75) is 45.6 Å². The lowest BCUT2D eigenvalue weighted by molar-refractivity contribution is -0.546. The van der Waals surface area contributed by atoms with Gasteiger partial charge < -0.3 is 21.2 Å². The van der Waals surface area contributed by atoms with Gasteiger partial charge in [0, 0.05) is 62.9 Å². The van der Waals surface area contributed by atoms with Crippen molar-refractivity contribution in [1.82, 2.24) is 20.7 Å². The van der Waals surface area contributed by atoms with E-state index in [1.54, 1.807) is 20.0 Å². The van der Waals surface area contributed by atoms with Crippen LogP contribution in [0.2, 0.25) is 0 Å². The fourth-order valence-electron chi connectivity index (χ4n) is 4.40. The van der Waals surface area contributed by atoms with Crippen molar-refractivity contribution in [3.8, 4) is 130 Å². The molecule has 0 saturated carbocycles. The summed E-state index contributed by atoms with van der Waals surface area (Å²) in [6, 6.07) is 17.7. The first kappa shape index (κ1) is 50.5. The van der Waals surface area contributed by atoms with Gasteiger partial charge in [-0.05, 0) is 165 Å². The highest BCUT2D eigenvalue weighted by Crippen LogP contribution is 2.20. The fourth-order valence-corrected chi connectivity index (χ4v) is 4.40. The van der Waals surface area contributed by atoms with E-state index in [0.29, 0.717) is 25.1 Å². The molecular formula is C49H61N9O4. The molecule has 1 amide bonds. The van der Waals surface area contributed by atoms with E-state index in [1.165, 1.54) is 11.1 Å². The van der Waals surface area contributed by atoms with Crippen LogP contribution in [0.3, 0.4) is 0 Å². The number of carbonyl (C=O) groups excluding carboxylic acids is 2. The molecule has 0 bridgehead atoms. The van der Waals surface area contributed by atoms with Gasteiger partial charge in [-0.3, -0.25) is 20.3 Å². The van der Waals surface area contributed by atoms with E-state index in [0.717, 1.165) is 22.8 Å². The number of anilines is 1. The average molecular weight is 840 g/mol. The van der Waals surface area contributed by atoms with Gasteiger partial charge in [0.05, 0.1) is 22.8 Å². The fraction of sp³-hybridized carbons (Fsp3) is 0.204. The third-order valence-corrected chi connectivity index (χ3v) is 7.11. The molecule has 0 unspecified atom stereocenters. The number of nitro groups is 1. The number of Topliss-reactive ketones (excluding diaryl/α,β-unsaturated/α-hetero) is 1. The molecule has 2 aromatic carbocycles. The summed E-state index contributed by atoms with van der Waals surface area (Å²) < 4.78 is 0. The minimum absolute atomic E-state index is 0. The summed E-state index contributed by atoms with van der Waals surface area (Å²) in [7, 11) is 3.78. The maximum Gasteiger partial charge on any atom is 0.237 e. The first-order valence-corrected chi connectivity index (χ1v) is 18.1. The molecule has 3 rings (SSSR count). The molecule has 13 nitrogen and oxygen atoms in total. The zero-order valence-electron chi connectivity index (χ0n) is 34.4. The molecule has 62 heavy (non-hydrogen) atoms. The molecule has 0 aliphatic rings. The summed E-state index contributed by atoms with van der Waals surface area (Å²) in [6.45, 7) is 3.45. The lowest BCUT2D eigenvalue weighted by Gasteiger charge is -2.23. The van der Waals surface area contributed by atoms with Crippen LogP contribution in [-0.2, 0) is 22.4 Å². The third-order valence-electron chi connectivity index (χ3n) is 7.11. The first-order valence-electron chi connectivity index (χ1n) is 18.1. The number of hydrazine groups is 1. The monoisotopic (exact) mass is 839 g/mol. The van der Waals surface area contributed by atoms with Crippen LogP contribution < -0.4 is 22.4 Å². The number of aromatic nitrogens is 1. The average Bonchev–Trinajstić information content (AvgIpc) is 3.27. The van der Waals surface area contributed by atoms with Crippen molar-refractivity contribution in [3.63, 3.8) is 0 Å². The Labute approximate surface area is 379 Å². The number of pyridine rings is 1. The zero-order chi connectivity index (χ0) is 45.5. The Morgan fingerprint density at radius 3 is 1.69 bits per heavy atom. The van der Waals surface area contributed by atoms with Crippen LogP contribution in [0.25, 0.3) is 10.8 Å². The summed E-state index contributed by atoms with van der Waals surface area (Å²) >= 11 is 0. The molecule has 3 aromatic rings. The quantitative estimate of drug-likeness (QED) is 0.0576. The Hall–Kier alpha value is -9.49. The second-order valence-electron chi connectivity index (χ2n) is 11.6. The van der Waals surface area contributed by atoms with Crippen molar-refractivity contribution >= 4 is 28.3 Å². The smallest absolute Gasteiger partial charge is 0.237 e. The maximum atomic E-state index is 12.6. The molecule has 1 heterocycles. The Morgan fingerprint density at radius 2 is 1.26 bits per heavy atom. The van der Waals surface area contributed by atoms with Crippen LogP contribution >= 0.6 is 0 Å². The van der Waals surface area contributed by atoms with E-state index in [9.17, 15) is 19.7 Å². The van der Waals surface area contributed by atoms with E-state index in [-0.39, 0.29) is 40.0 Å². The summed E-state index contributed by atoms with van der Waals surface area (Å²) in [5, 5.41) is 18.3. The minimum Gasteiger partial charge on any atom is -0.383 e. The number of rotatable bonds is 12. The highest BCUT2D eigenvalue weighted by Gasteiger charge is 2.21. The van der Waals surface area contributed by atoms with Crippen molar-refractivity contribution in [2.24, 2.45) is 16.3 Å². The predicted octanol–water partition coefficient (Wildman–Crippen LogP) is 5.78. The van der Waals surface area contributed by atoms with Gasteiger partial charge in [0.25, 0.3) is 0 Å². The highest BCUT2D eigenvalue weighted by atomic mass is 16.7. The standard InChI is InChI=1S/C25H30N4O2.C24H6.H3N5O2.11H2/c1-29(2)23(13-10-18-6-4-3-5-7-18)25(31)28-17-21(30)11-8-19-9-12-22-20(16-19)14-15-27-24(22)26;1-3-5-7-9-11-13-15-17-19-21-23-24-22-20-18-16-14-12-10-8-6-4-2;1-2-3-4-5(6)7;;;;;;;;;;;/h3-7,9,12,14-16,23H,8,10-11,13,17H2,1-2H3,(H2,26,27)(H,28,31);1-2H3;(H2,1,3)(H,2,4);11*1H/t23-;;;;;;;;;;;;;/m1............./s1. The van der Waals surface area contributed by atoms with E-state index in [1.807, 2.05) is 61.5 Å². The Kier molecular flexibility index (Phi) is 27.4. The second kappa shape index (κ2) is 33.6. The number of nitrogens with zero attached hydrogens (tertiary/aromatic N) is 5. The number of fused-ring (bicyclic) bond motifs is 1. The van der Waals surface area contributed by atoms with Crippen molar-refractivity contribution in [1.29, 1.82) is 0 Å². The van der Waals surface area contributed by atoms with Crippen LogP contribution in [0.4, 0.5) is 5.82 Å². The number of carbonyl (C=O) groups is 2. The van der Waals surface area contributed by atoms with E-state index >= 15 is 0 Å². The van der Waals surface area contributed by atoms with Gasteiger partial charge in [0.2, 0.25) is 5.91 Å². The van der Waals surface area contributed by atoms with E-state index in [2.05, 4.69) is 169 Å². The summed E-state index contributed by atoms with van der Waals surface area (Å²) in [5.41, 5.74) is 9.50. The van der Waals surface area contributed by atoms with E-state index in [4.69, 9.17) is 5.73 Å². The molecule has 326 valence electrons. The molecule has 0 fully saturated rings. The molecule has 0 saturated heterocycles. The Morgan fingerprint density at radius 1 is 0.758 bits per heavy atom. The molecule has 6 N–H and O–H groups in total. The molecule has 0 radical (unpaired) electrons. The number of hydrogen-bond acceptors (Lipinski definition) is 9. The number of benzene rings is 2. The van der Waals surface area contributed by atoms with Gasteiger partial charge in [-0.15, -0.1) is 0 Å². The number of amides is 1. The van der Waals surface area contributed by atoms with Gasteiger partial charge in [-0.25, -0.2) is 4.98 Å². The van der Waals surface area contributed by atoms with Crippen molar-refractivity contribution < 1.29 is 30.3 Å². The lowest BCUT2D eigenvalue weighted by atomic mass is 10.0. The largest absolute Gasteiger partial charge is 0.383 e. The predicted molar refractivity (Wildman–Crippen MR) is 264 cm³/mol. The summed E-state index contributed by atoms with van der Waals surface area (Å²) in [4.78, 5) is 40.2. The molecule has 0 spiro atoms. The van der Waals surface area contributed by atoms with Crippen molar-refractivity contribution in [2.75, 3.05) is 26.4 Å². The second-order valence-corrected chi connectivity index (χ2v) is 11.6. The minimum atomic E-state index is -0.879. The third kappa shape index (κ3) is 25.6.